The largest absolute Gasteiger partial charge is 0.269 e. The molecule has 3 rings (SSSR count). The highest BCUT2D eigenvalue weighted by Crippen LogP contribution is 2.47. The van der Waals surface area contributed by atoms with Crippen LogP contribution < -0.4 is 0 Å². The van der Waals surface area contributed by atoms with E-state index in [-0.39, 0.29) is 17.9 Å². The van der Waals surface area contributed by atoms with Crippen LogP contribution in [-0.4, -0.2) is 16.7 Å². The number of benzene rings is 1. The summed E-state index contributed by atoms with van der Waals surface area (Å²) in [6.07, 6.45) is 10.2. The smallest absolute Gasteiger partial charge is 0.254 e. The molecule has 1 aromatic carbocycles. The van der Waals surface area contributed by atoms with E-state index in [4.69, 9.17) is 0 Å². The highest BCUT2D eigenvalue weighted by molar-refractivity contribution is 6.13. The minimum absolute atomic E-state index is 0.0803. The van der Waals surface area contributed by atoms with Crippen LogP contribution >= 0.6 is 0 Å². The Balaban J connectivity index is 2.12. The van der Waals surface area contributed by atoms with E-state index in [1.807, 2.05) is 0 Å². The Morgan fingerprint density at radius 3 is 2.12 bits per heavy atom. The monoisotopic (exact) mass is 339 g/mol. The third-order valence-electron chi connectivity index (χ3n) is 5.57. The summed E-state index contributed by atoms with van der Waals surface area (Å²) < 4.78 is 0. The summed E-state index contributed by atoms with van der Waals surface area (Å²) in [6, 6.07) is 4.45. The maximum atomic E-state index is 12.4. The molecule has 3 nitrogen and oxygen atoms in total. The van der Waals surface area contributed by atoms with E-state index in [1.165, 1.54) is 39.3 Å². The normalized spacial score (nSPS) is 22.1. The molecule has 0 spiro atoms. The van der Waals surface area contributed by atoms with Crippen LogP contribution in [0.25, 0.3) is 0 Å². The van der Waals surface area contributed by atoms with E-state index in [2.05, 4.69) is 32.9 Å². The van der Waals surface area contributed by atoms with E-state index in [1.54, 1.807) is 0 Å². The molecule has 1 aliphatic carbocycles. The van der Waals surface area contributed by atoms with E-state index < -0.39 is 0 Å². The topological polar surface area (TPSA) is 37.4 Å². The Hall–Kier alpha value is -1.90. The summed E-state index contributed by atoms with van der Waals surface area (Å²) in [7, 11) is 0. The van der Waals surface area contributed by atoms with E-state index in [9.17, 15) is 9.59 Å². The molecule has 0 saturated heterocycles. The highest BCUT2D eigenvalue weighted by atomic mass is 16.2. The summed E-state index contributed by atoms with van der Waals surface area (Å²) in [5.74, 6) is 0.0565. The van der Waals surface area contributed by atoms with Crippen molar-refractivity contribution in [1.82, 2.24) is 4.90 Å². The number of hydrogen-bond acceptors (Lipinski definition) is 2. The summed E-state index contributed by atoms with van der Waals surface area (Å²) in [4.78, 5) is 26.4. The van der Waals surface area contributed by atoms with Gasteiger partial charge in [-0.3, -0.25) is 14.5 Å². The Kier molecular flexibility index (Phi) is 5.41. The van der Waals surface area contributed by atoms with Gasteiger partial charge in [0.1, 0.15) is 0 Å². The van der Waals surface area contributed by atoms with Crippen molar-refractivity contribution in [2.45, 2.75) is 71.8 Å². The zero-order valence-corrected chi connectivity index (χ0v) is 15.7. The number of imide groups is 1. The molecule has 1 aliphatic heterocycles. The fraction of sp³-hybridized carbons (Fsp3) is 0.545. The first kappa shape index (κ1) is 17.9. The number of fused-ring (bicyclic) bond motifs is 1. The number of carbonyl (C=O) groups excluding carboxylic acids is 2. The molecule has 0 saturated carbocycles. The first-order valence-corrected chi connectivity index (χ1v) is 9.81. The number of aryl methyl sites for hydroxylation is 2. The van der Waals surface area contributed by atoms with E-state index in [0.29, 0.717) is 5.92 Å². The number of rotatable bonds is 7. The minimum Gasteiger partial charge on any atom is -0.269 e. The molecule has 0 fully saturated rings. The lowest BCUT2D eigenvalue weighted by Crippen LogP contribution is -2.37. The Labute approximate surface area is 151 Å². The fourth-order valence-corrected chi connectivity index (χ4v) is 4.62. The van der Waals surface area contributed by atoms with Gasteiger partial charge >= 0.3 is 0 Å². The van der Waals surface area contributed by atoms with Gasteiger partial charge in [0.25, 0.3) is 11.8 Å². The van der Waals surface area contributed by atoms with Gasteiger partial charge in [-0.05, 0) is 53.9 Å². The van der Waals surface area contributed by atoms with Crippen molar-refractivity contribution in [3.05, 3.63) is 46.5 Å². The number of carbonyl (C=O) groups is 2. The number of nitrogens with zero attached hydrogens (tertiary/aromatic N) is 1. The second-order valence-electron chi connectivity index (χ2n) is 7.35. The maximum Gasteiger partial charge on any atom is 0.254 e. The van der Waals surface area contributed by atoms with Gasteiger partial charge in [0.05, 0.1) is 6.04 Å². The molecular formula is C22H29NO2. The second-order valence-corrected chi connectivity index (χ2v) is 7.35. The van der Waals surface area contributed by atoms with Gasteiger partial charge < -0.3 is 0 Å². The average molecular weight is 339 g/mol. The fourth-order valence-electron chi connectivity index (χ4n) is 4.62. The van der Waals surface area contributed by atoms with Crippen molar-refractivity contribution in [3.8, 4) is 0 Å². The van der Waals surface area contributed by atoms with Crippen LogP contribution in [0.3, 0.4) is 0 Å². The second kappa shape index (κ2) is 7.55. The van der Waals surface area contributed by atoms with Crippen LogP contribution in [0.4, 0.5) is 0 Å². The van der Waals surface area contributed by atoms with Gasteiger partial charge in [-0.1, -0.05) is 52.2 Å². The number of amides is 2. The Bertz CT molecular complexity index is 686. The summed E-state index contributed by atoms with van der Waals surface area (Å²) in [6.45, 7) is 6.58. The van der Waals surface area contributed by atoms with E-state index >= 15 is 0 Å². The van der Waals surface area contributed by atoms with Gasteiger partial charge in [-0.25, -0.2) is 0 Å². The van der Waals surface area contributed by atoms with Crippen LogP contribution in [0, 0.1) is 5.92 Å². The number of hydrogen-bond donors (Lipinski definition) is 0. The average Bonchev–Trinajstić information content (AvgIpc) is 3.11. The molecular weight excluding hydrogens is 310 g/mol. The molecule has 1 heterocycles. The lowest BCUT2D eigenvalue weighted by Gasteiger charge is -2.30. The van der Waals surface area contributed by atoms with Crippen molar-refractivity contribution in [2.24, 2.45) is 5.92 Å². The quantitative estimate of drug-likeness (QED) is 0.684. The molecule has 1 aromatic rings. The van der Waals surface area contributed by atoms with Crippen LogP contribution in [0.15, 0.2) is 24.3 Å². The third kappa shape index (κ3) is 3.17. The first-order chi connectivity index (χ1) is 12.1. The maximum absolute atomic E-state index is 12.4. The van der Waals surface area contributed by atoms with Gasteiger partial charge in [0.15, 0.2) is 0 Å². The molecule has 0 radical (unpaired) electrons. The minimum atomic E-state index is -0.146. The van der Waals surface area contributed by atoms with Crippen molar-refractivity contribution in [1.29, 1.82) is 0 Å². The zero-order chi connectivity index (χ0) is 18.0. The summed E-state index contributed by atoms with van der Waals surface area (Å²) in [5.41, 5.74) is 5.45. The summed E-state index contributed by atoms with van der Waals surface area (Å²) in [5, 5.41) is 0. The van der Waals surface area contributed by atoms with Crippen molar-refractivity contribution in [3.63, 3.8) is 0 Å². The molecule has 0 unspecified atom stereocenters. The molecule has 0 N–H and O–H groups in total. The predicted molar refractivity (Wildman–Crippen MR) is 100 cm³/mol. The molecule has 0 bridgehead atoms. The molecule has 3 heteroatoms. The Morgan fingerprint density at radius 2 is 1.52 bits per heavy atom. The van der Waals surface area contributed by atoms with Crippen LogP contribution in [-0.2, 0) is 28.9 Å². The van der Waals surface area contributed by atoms with Crippen LogP contribution in [0.5, 0.6) is 0 Å². The van der Waals surface area contributed by atoms with Gasteiger partial charge in [-0.2, -0.15) is 0 Å². The molecule has 0 aromatic heterocycles. The molecule has 2 atom stereocenters. The van der Waals surface area contributed by atoms with E-state index in [0.717, 1.165) is 44.9 Å². The standard InChI is InChI=1S/C22H29NO2/c1-4-7-15-10-11-16(8-5-2)21-18(15)14-17(9-6-3)22(21)23-19(24)12-13-20(23)25/h10-13,17,22H,4-9,14H2,1-3H3/t17-,22-/m0/s1. The SMILES string of the molecule is CCCc1ccc(CCC)c2c1C[C@H](CCC)[C@@H]2N1C(=O)C=CC1=O. The zero-order valence-electron chi connectivity index (χ0n) is 15.7. The van der Waals surface area contributed by atoms with Crippen molar-refractivity contribution < 1.29 is 9.59 Å². The summed E-state index contributed by atoms with van der Waals surface area (Å²) >= 11 is 0. The molecule has 25 heavy (non-hydrogen) atoms. The van der Waals surface area contributed by atoms with Gasteiger partial charge in [-0.15, -0.1) is 0 Å². The van der Waals surface area contributed by atoms with Gasteiger partial charge in [0.2, 0.25) is 0 Å². The Morgan fingerprint density at radius 1 is 0.920 bits per heavy atom. The predicted octanol–water partition coefficient (Wildman–Crippen LogP) is 4.53. The molecule has 2 aliphatic rings. The first-order valence-electron chi connectivity index (χ1n) is 9.81. The molecule has 2 amide bonds. The van der Waals surface area contributed by atoms with Crippen LogP contribution in [0.2, 0.25) is 0 Å². The van der Waals surface area contributed by atoms with Crippen LogP contribution in [0.1, 0.15) is 74.8 Å². The van der Waals surface area contributed by atoms with Gasteiger partial charge in [0, 0.05) is 12.2 Å². The lowest BCUT2D eigenvalue weighted by molar-refractivity contribution is -0.140. The third-order valence-corrected chi connectivity index (χ3v) is 5.57. The lowest BCUT2D eigenvalue weighted by atomic mass is 9.90. The molecule has 134 valence electrons. The van der Waals surface area contributed by atoms with Crippen molar-refractivity contribution in [2.75, 3.05) is 0 Å². The van der Waals surface area contributed by atoms with Crippen molar-refractivity contribution >= 4 is 11.8 Å². The highest BCUT2D eigenvalue weighted by Gasteiger charge is 2.43.